The molecule has 0 heterocycles. The normalized spacial score (nSPS) is 20.6. The molecule has 0 saturated heterocycles. The van der Waals surface area contributed by atoms with E-state index in [0.717, 1.165) is 24.9 Å². The molecule has 0 amide bonds. The smallest absolute Gasteiger partial charge is 0.00669 e. The number of hydrogen-bond donors (Lipinski definition) is 1. The van der Waals surface area contributed by atoms with E-state index in [0.29, 0.717) is 0 Å². The Hall–Kier alpha value is -0.300. The molecule has 1 N–H and O–H groups in total. The number of unbranched alkanes of at least 4 members (excludes halogenated alkanes) is 1. The van der Waals surface area contributed by atoms with E-state index in [1.807, 2.05) is 6.08 Å². The van der Waals surface area contributed by atoms with Gasteiger partial charge >= 0.3 is 0 Å². The van der Waals surface area contributed by atoms with Gasteiger partial charge in [-0.2, -0.15) is 0 Å². The molecule has 1 fully saturated rings. The van der Waals surface area contributed by atoms with E-state index in [4.69, 9.17) is 0 Å². The van der Waals surface area contributed by atoms with Crippen LogP contribution in [-0.2, 0) is 0 Å². The van der Waals surface area contributed by atoms with E-state index >= 15 is 0 Å². The lowest BCUT2D eigenvalue weighted by Crippen LogP contribution is -2.35. The minimum absolute atomic E-state index is 0.722. The Bertz CT molecular complexity index is 147. The Morgan fingerprint density at radius 2 is 2.07 bits per heavy atom. The maximum atomic E-state index is 3.74. The second-order valence-corrected chi connectivity index (χ2v) is 4.57. The summed E-state index contributed by atoms with van der Waals surface area (Å²) in [6, 6.07) is 0.722. The third-order valence-corrected chi connectivity index (χ3v) is 3.41. The van der Waals surface area contributed by atoms with Gasteiger partial charge < -0.3 is 5.32 Å². The zero-order valence-corrected chi connectivity index (χ0v) is 9.60. The second-order valence-electron chi connectivity index (χ2n) is 4.57. The Morgan fingerprint density at radius 3 is 2.71 bits per heavy atom. The van der Waals surface area contributed by atoms with Crippen LogP contribution in [0.15, 0.2) is 12.7 Å². The van der Waals surface area contributed by atoms with E-state index in [-0.39, 0.29) is 0 Å². The lowest BCUT2D eigenvalue weighted by atomic mass is 9.84. The zero-order valence-electron chi connectivity index (χ0n) is 9.60. The van der Waals surface area contributed by atoms with Gasteiger partial charge in [-0.25, -0.2) is 0 Å². The molecular weight excluding hydrogens is 170 g/mol. The van der Waals surface area contributed by atoms with Gasteiger partial charge in [-0.1, -0.05) is 25.3 Å². The maximum Gasteiger partial charge on any atom is 0.00669 e. The highest BCUT2D eigenvalue weighted by molar-refractivity contribution is 4.76. The summed E-state index contributed by atoms with van der Waals surface area (Å²) in [7, 11) is 0. The number of allylic oxidation sites excluding steroid dienone is 1. The second kappa shape index (κ2) is 7.05. The molecule has 14 heavy (non-hydrogen) atoms. The molecule has 1 rings (SSSR count). The molecule has 0 bridgehead atoms. The van der Waals surface area contributed by atoms with Crippen LogP contribution in [0.25, 0.3) is 0 Å². The summed E-state index contributed by atoms with van der Waals surface area (Å²) >= 11 is 0. The fraction of sp³-hybridized carbons (Fsp3) is 0.846. The standard InChI is InChI=1S/C13H25N/c1-3-4-8-11-14-12(2)13-9-6-5-7-10-13/h3,12-14H,1,4-11H2,2H3/t12-/m1/s1. The van der Waals surface area contributed by atoms with E-state index in [1.54, 1.807) is 0 Å². The Kier molecular flexibility index (Phi) is 5.93. The minimum Gasteiger partial charge on any atom is -0.314 e. The summed E-state index contributed by atoms with van der Waals surface area (Å²) in [5.41, 5.74) is 0. The molecule has 1 aliphatic carbocycles. The first-order chi connectivity index (χ1) is 6.84. The van der Waals surface area contributed by atoms with Crippen LogP contribution in [0.5, 0.6) is 0 Å². The van der Waals surface area contributed by atoms with Crippen molar-refractivity contribution in [3.63, 3.8) is 0 Å². The van der Waals surface area contributed by atoms with E-state index in [1.165, 1.54) is 38.5 Å². The number of rotatable bonds is 6. The van der Waals surface area contributed by atoms with Crippen LogP contribution >= 0.6 is 0 Å². The molecule has 82 valence electrons. The first-order valence-electron chi connectivity index (χ1n) is 6.19. The Labute approximate surface area is 89.0 Å². The van der Waals surface area contributed by atoms with Crippen LogP contribution < -0.4 is 5.32 Å². The third-order valence-electron chi connectivity index (χ3n) is 3.41. The molecule has 1 aliphatic rings. The van der Waals surface area contributed by atoms with Crippen LogP contribution in [-0.4, -0.2) is 12.6 Å². The van der Waals surface area contributed by atoms with E-state index in [2.05, 4.69) is 18.8 Å². The van der Waals surface area contributed by atoms with Crippen molar-refractivity contribution in [2.75, 3.05) is 6.54 Å². The van der Waals surface area contributed by atoms with Gasteiger partial charge in [0.1, 0.15) is 0 Å². The highest BCUT2D eigenvalue weighted by atomic mass is 14.9. The van der Waals surface area contributed by atoms with Gasteiger partial charge in [-0.3, -0.25) is 0 Å². The van der Waals surface area contributed by atoms with Gasteiger partial charge in [0, 0.05) is 6.04 Å². The van der Waals surface area contributed by atoms with Crippen LogP contribution in [0.4, 0.5) is 0 Å². The fourth-order valence-electron chi connectivity index (χ4n) is 2.38. The molecule has 0 unspecified atom stereocenters. The average Bonchev–Trinajstić information content (AvgIpc) is 2.25. The quantitative estimate of drug-likeness (QED) is 0.505. The molecule has 1 atom stereocenters. The summed E-state index contributed by atoms with van der Waals surface area (Å²) < 4.78 is 0. The lowest BCUT2D eigenvalue weighted by Gasteiger charge is -2.28. The molecule has 0 radical (unpaired) electrons. The lowest BCUT2D eigenvalue weighted by molar-refractivity contribution is 0.281. The minimum atomic E-state index is 0.722. The van der Waals surface area contributed by atoms with Crippen LogP contribution in [0, 0.1) is 5.92 Å². The largest absolute Gasteiger partial charge is 0.314 e. The fourth-order valence-corrected chi connectivity index (χ4v) is 2.38. The summed E-state index contributed by atoms with van der Waals surface area (Å²) in [5.74, 6) is 0.937. The topological polar surface area (TPSA) is 12.0 Å². The Balaban J connectivity index is 2.06. The number of hydrogen-bond acceptors (Lipinski definition) is 1. The van der Waals surface area contributed by atoms with Crippen molar-refractivity contribution in [2.24, 2.45) is 5.92 Å². The summed E-state index contributed by atoms with van der Waals surface area (Å²) in [6.07, 6.45) is 11.6. The molecule has 0 aromatic heterocycles. The van der Waals surface area contributed by atoms with Crippen molar-refractivity contribution in [1.82, 2.24) is 5.32 Å². The van der Waals surface area contributed by atoms with Crippen LogP contribution in [0.3, 0.4) is 0 Å². The molecule has 1 heteroatoms. The van der Waals surface area contributed by atoms with Crippen LogP contribution in [0.2, 0.25) is 0 Å². The zero-order chi connectivity index (χ0) is 10.2. The van der Waals surface area contributed by atoms with Crippen molar-refractivity contribution in [3.05, 3.63) is 12.7 Å². The first-order valence-corrected chi connectivity index (χ1v) is 6.19. The van der Waals surface area contributed by atoms with E-state index < -0.39 is 0 Å². The van der Waals surface area contributed by atoms with Gasteiger partial charge in [0.15, 0.2) is 0 Å². The van der Waals surface area contributed by atoms with Crippen molar-refractivity contribution in [2.45, 2.75) is 57.9 Å². The third kappa shape index (κ3) is 4.28. The van der Waals surface area contributed by atoms with Gasteiger partial charge in [0.2, 0.25) is 0 Å². The average molecular weight is 195 g/mol. The van der Waals surface area contributed by atoms with Crippen molar-refractivity contribution >= 4 is 0 Å². The molecule has 0 aliphatic heterocycles. The summed E-state index contributed by atoms with van der Waals surface area (Å²) in [4.78, 5) is 0. The molecule has 0 aromatic rings. The highest BCUT2D eigenvalue weighted by Crippen LogP contribution is 2.26. The van der Waals surface area contributed by atoms with E-state index in [9.17, 15) is 0 Å². The van der Waals surface area contributed by atoms with Gasteiger partial charge in [-0.05, 0) is 45.1 Å². The summed E-state index contributed by atoms with van der Waals surface area (Å²) in [6.45, 7) is 7.25. The van der Waals surface area contributed by atoms with Crippen molar-refractivity contribution in [3.8, 4) is 0 Å². The predicted octanol–water partition coefficient (Wildman–Crippen LogP) is 3.51. The van der Waals surface area contributed by atoms with Gasteiger partial charge in [0.05, 0.1) is 0 Å². The predicted molar refractivity (Wildman–Crippen MR) is 63.5 cm³/mol. The monoisotopic (exact) mass is 195 g/mol. The molecule has 0 aromatic carbocycles. The van der Waals surface area contributed by atoms with Crippen molar-refractivity contribution < 1.29 is 0 Å². The maximum absolute atomic E-state index is 3.74. The van der Waals surface area contributed by atoms with Crippen LogP contribution in [0.1, 0.15) is 51.9 Å². The molecular formula is C13H25N. The van der Waals surface area contributed by atoms with Crippen molar-refractivity contribution in [1.29, 1.82) is 0 Å². The molecule has 1 nitrogen and oxygen atoms in total. The Morgan fingerprint density at radius 1 is 1.36 bits per heavy atom. The molecule has 0 spiro atoms. The molecule has 1 saturated carbocycles. The first kappa shape index (κ1) is 11.8. The van der Waals surface area contributed by atoms with Gasteiger partial charge in [-0.15, -0.1) is 6.58 Å². The number of nitrogens with one attached hydrogen (secondary N) is 1. The SMILES string of the molecule is C=CCCCN[C@H](C)C1CCCCC1. The van der Waals surface area contributed by atoms with Gasteiger partial charge in [0.25, 0.3) is 0 Å². The highest BCUT2D eigenvalue weighted by Gasteiger charge is 2.18. The summed E-state index contributed by atoms with van der Waals surface area (Å²) in [5, 5.41) is 3.64.